The summed E-state index contributed by atoms with van der Waals surface area (Å²) in [6.07, 6.45) is 2.48. The van der Waals surface area contributed by atoms with Crippen molar-refractivity contribution < 1.29 is 9.53 Å². The predicted octanol–water partition coefficient (Wildman–Crippen LogP) is 4.35. The number of nitrogens with zero attached hydrogens (tertiary/aromatic N) is 2. The van der Waals surface area contributed by atoms with Crippen molar-refractivity contribution in [3.8, 4) is 5.75 Å². The SMILES string of the molecule is Cn1c(C2CCN(C(=O)CCOc3ccccc3)CC2)cc2ccccc21. The van der Waals surface area contributed by atoms with Gasteiger partial charge in [0.15, 0.2) is 0 Å². The third-order valence-corrected chi connectivity index (χ3v) is 5.58. The van der Waals surface area contributed by atoms with Crippen molar-refractivity contribution in [3.63, 3.8) is 0 Å². The molecule has 1 amide bonds. The fourth-order valence-electron chi connectivity index (χ4n) is 4.06. The highest BCUT2D eigenvalue weighted by atomic mass is 16.5. The molecule has 1 aliphatic heterocycles. The maximum Gasteiger partial charge on any atom is 0.225 e. The van der Waals surface area contributed by atoms with Gasteiger partial charge in [0.1, 0.15) is 5.75 Å². The van der Waals surface area contributed by atoms with Crippen molar-refractivity contribution in [2.45, 2.75) is 25.2 Å². The molecule has 3 aromatic rings. The number of amides is 1. The summed E-state index contributed by atoms with van der Waals surface area (Å²) in [5.74, 6) is 1.54. The van der Waals surface area contributed by atoms with E-state index in [1.54, 1.807) is 0 Å². The smallest absolute Gasteiger partial charge is 0.225 e. The summed E-state index contributed by atoms with van der Waals surface area (Å²) in [5, 5.41) is 1.30. The summed E-state index contributed by atoms with van der Waals surface area (Å²) in [6.45, 7) is 2.10. The van der Waals surface area contributed by atoms with Gasteiger partial charge < -0.3 is 14.2 Å². The molecule has 4 heteroatoms. The van der Waals surface area contributed by atoms with E-state index in [2.05, 4.69) is 41.9 Å². The lowest BCUT2D eigenvalue weighted by Crippen LogP contribution is -2.38. The van der Waals surface area contributed by atoms with Gasteiger partial charge in [-0.1, -0.05) is 36.4 Å². The number of ether oxygens (including phenoxy) is 1. The Hall–Kier alpha value is -2.75. The molecule has 1 fully saturated rings. The van der Waals surface area contributed by atoms with E-state index in [1.807, 2.05) is 35.2 Å². The van der Waals surface area contributed by atoms with Gasteiger partial charge in [-0.15, -0.1) is 0 Å². The van der Waals surface area contributed by atoms with Crippen LogP contribution in [0, 0.1) is 0 Å². The largest absolute Gasteiger partial charge is 0.493 e. The molecule has 1 aliphatic rings. The molecule has 0 unspecified atom stereocenters. The van der Waals surface area contributed by atoms with Crippen molar-refractivity contribution in [1.29, 1.82) is 0 Å². The number of hydrogen-bond acceptors (Lipinski definition) is 2. The van der Waals surface area contributed by atoms with E-state index < -0.39 is 0 Å². The lowest BCUT2D eigenvalue weighted by atomic mass is 9.93. The molecular weight excluding hydrogens is 336 g/mol. The minimum absolute atomic E-state index is 0.196. The normalized spacial score (nSPS) is 15.2. The van der Waals surface area contributed by atoms with E-state index in [9.17, 15) is 4.79 Å². The molecular formula is C23H26N2O2. The van der Waals surface area contributed by atoms with Gasteiger partial charge in [-0.25, -0.2) is 0 Å². The molecule has 0 spiro atoms. The molecule has 0 N–H and O–H groups in total. The molecule has 0 bridgehead atoms. The molecule has 0 aliphatic carbocycles. The van der Waals surface area contributed by atoms with Gasteiger partial charge in [-0.05, 0) is 42.5 Å². The van der Waals surface area contributed by atoms with Crippen LogP contribution in [0.25, 0.3) is 10.9 Å². The number of aryl methyl sites for hydroxylation is 1. The quantitative estimate of drug-likeness (QED) is 0.676. The Morgan fingerprint density at radius 3 is 2.48 bits per heavy atom. The van der Waals surface area contributed by atoms with E-state index in [4.69, 9.17) is 4.74 Å². The van der Waals surface area contributed by atoms with Gasteiger partial charge in [0.25, 0.3) is 0 Å². The van der Waals surface area contributed by atoms with Crippen molar-refractivity contribution >= 4 is 16.8 Å². The van der Waals surface area contributed by atoms with E-state index >= 15 is 0 Å². The second-order valence-electron chi connectivity index (χ2n) is 7.25. The van der Waals surface area contributed by atoms with E-state index in [-0.39, 0.29) is 5.91 Å². The Balaban J connectivity index is 1.30. The minimum Gasteiger partial charge on any atom is -0.493 e. The number of para-hydroxylation sites is 2. The molecule has 1 aromatic heterocycles. The van der Waals surface area contributed by atoms with Crippen LogP contribution in [0.5, 0.6) is 5.75 Å². The van der Waals surface area contributed by atoms with Gasteiger partial charge >= 0.3 is 0 Å². The second kappa shape index (κ2) is 7.87. The van der Waals surface area contributed by atoms with Gasteiger partial charge in [0.2, 0.25) is 5.91 Å². The first-order valence-corrected chi connectivity index (χ1v) is 9.72. The summed E-state index contributed by atoms with van der Waals surface area (Å²) in [7, 11) is 2.15. The number of piperidine rings is 1. The molecule has 2 aromatic carbocycles. The monoisotopic (exact) mass is 362 g/mol. The average molecular weight is 362 g/mol. The van der Waals surface area contributed by atoms with Crippen molar-refractivity contribution in [3.05, 3.63) is 66.4 Å². The van der Waals surface area contributed by atoms with Crippen molar-refractivity contribution in [1.82, 2.24) is 9.47 Å². The lowest BCUT2D eigenvalue weighted by molar-refractivity contribution is -0.132. The Morgan fingerprint density at radius 2 is 1.74 bits per heavy atom. The predicted molar refractivity (Wildman–Crippen MR) is 108 cm³/mol. The Kier molecular flexibility index (Phi) is 5.14. The fourth-order valence-corrected chi connectivity index (χ4v) is 4.06. The second-order valence-corrected chi connectivity index (χ2v) is 7.25. The van der Waals surface area contributed by atoms with Crippen LogP contribution in [0.3, 0.4) is 0 Å². The van der Waals surface area contributed by atoms with Crippen LogP contribution in [-0.2, 0) is 11.8 Å². The summed E-state index contributed by atoms with van der Waals surface area (Å²) in [4.78, 5) is 14.5. The van der Waals surface area contributed by atoms with E-state index in [0.717, 1.165) is 31.7 Å². The van der Waals surface area contributed by atoms with Gasteiger partial charge in [0, 0.05) is 37.3 Å². The summed E-state index contributed by atoms with van der Waals surface area (Å²) in [5.41, 5.74) is 2.67. The Labute approximate surface area is 160 Å². The molecule has 27 heavy (non-hydrogen) atoms. The summed E-state index contributed by atoms with van der Waals surface area (Å²) < 4.78 is 7.97. The third-order valence-electron chi connectivity index (χ3n) is 5.58. The molecule has 4 rings (SSSR count). The number of likely N-dealkylation sites (tertiary alicyclic amines) is 1. The highest BCUT2D eigenvalue weighted by molar-refractivity contribution is 5.81. The van der Waals surface area contributed by atoms with Crippen LogP contribution in [0.4, 0.5) is 0 Å². The zero-order valence-electron chi connectivity index (χ0n) is 15.8. The Bertz CT molecular complexity index is 909. The topological polar surface area (TPSA) is 34.5 Å². The number of benzene rings is 2. The standard InChI is InChI=1S/C23H26N2O2/c1-24-21-10-6-5-7-19(21)17-22(24)18-11-14-25(15-12-18)23(26)13-16-27-20-8-3-2-4-9-20/h2-10,17-18H,11-16H2,1H3. The molecule has 0 atom stereocenters. The van der Waals surface area contributed by atoms with Gasteiger partial charge in [0.05, 0.1) is 13.0 Å². The third kappa shape index (κ3) is 3.85. The highest BCUT2D eigenvalue weighted by Crippen LogP contribution is 2.32. The zero-order valence-corrected chi connectivity index (χ0v) is 15.8. The van der Waals surface area contributed by atoms with E-state index in [1.165, 1.54) is 16.6 Å². The molecule has 2 heterocycles. The number of carbonyl (C=O) groups is 1. The Morgan fingerprint density at radius 1 is 1.04 bits per heavy atom. The van der Waals surface area contributed by atoms with Crippen LogP contribution in [0.2, 0.25) is 0 Å². The first kappa shape index (κ1) is 17.7. The molecule has 4 nitrogen and oxygen atoms in total. The molecule has 1 saturated heterocycles. The number of rotatable bonds is 5. The fraction of sp³-hybridized carbons (Fsp3) is 0.348. The summed E-state index contributed by atoms with van der Waals surface area (Å²) in [6, 6.07) is 20.5. The zero-order chi connectivity index (χ0) is 18.6. The van der Waals surface area contributed by atoms with Crippen LogP contribution in [-0.4, -0.2) is 35.1 Å². The maximum absolute atomic E-state index is 12.5. The average Bonchev–Trinajstić information content (AvgIpc) is 3.06. The number of fused-ring (bicyclic) bond motifs is 1. The maximum atomic E-state index is 12.5. The molecule has 0 radical (unpaired) electrons. The minimum atomic E-state index is 0.196. The van der Waals surface area contributed by atoms with E-state index in [0.29, 0.717) is 18.9 Å². The van der Waals surface area contributed by atoms with Crippen LogP contribution >= 0.6 is 0 Å². The van der Waals surface area contributed by atoms with Gasteiger partial charge in [-0.3, -0.25) is 4.79 Å². The van der Waals surface area contributed by atoms with Crippen LogP contribution in [0.1, 0.15) is 30.9 Å². The van der Waals surface area contributed by atoms with Crippen LogP contribution in [0.15, 0.2) is 60.7 Å². The first-order valence-electron chi connectivity index (χ1n) is 9.72. The number of aromatic nitrogens is 1. The molecule has 0 saturated carbocycles. The van der Waals surface area contributed by atoms with Gasteiger partial charge in [-0.2, -0.15) is 0 Å². The number of hydrogen-bond donors (Lipinski definition) is 0. The summed E-state index contributed by atoms with van der Waals surface area (Å²) >= 11 is 0. The number of carbonyl (C=O) groups excluding carboxylic acids is 1. The van der Waals surface area contributed by atoms with Crippen molar-refractivity contribution in [2.24, 2.45) is 7.05 Å². The molecule has 140 valence electrons. The van der Waals surface area contributed by atoms with Crippen LogP contribution < -0.4 is 4.74 Å². The highest BCUT2D eigenvalue weighted by Gasteiger charge is 2.25. The van der Waals surface area contributed by atoms with Crippen molar-refractivity contribution in [2.75, 3.05) is 19.7 Å². The lowest BCUT2D eigenvalue weighted by Gasteiger charge is -2.32. The first-order chi connectivity index (χ1) is 13.2.